The first-order chi connectivity index (χ1) is 22.0. The Hall–Kier alpha value is -5.00. The maximum absolute atomic E-state index is 15.7. The minimum atomic E-state index is -0.542. The zero-order chi connectivity index (χ0) is 32.2. The molecule has 2 aliphatic rings. The maximum atomic E-state index is 15.7. The number of aromatic nitrogens is 5. The van der Waals surface area contributed by atoms with E-state index in [1.54, 1.807) is 37.6 Å². The molecule has 11 nitrogen and oxygen atoms in total. The lowest BCUT2D eigenvalue weighted by molar-refractivity contribution is -0.00758. The summed E-state index contributed by atoms with van der Waals surface area (Å²) in [5.74, 6) is 1.36. The number of aryl methyl sites for hydroxylation is 1. The van der Waals surface area contributed by atoms with Gasteiger partial charge in [0.05, 0.1) is 34.8 Å². The molecule has 0 aliphatic carbocycles. The van der Waals surface area contributed by atoms with Crippen LogP contribution in [0.5, 0.6) is 17.4 Å². The summed E-state index contributed by atoms with van der Waals surface area (Å²) in [7, 11) is 1.93. The van der Waals surface area contributed by atoms with Crippen LogP contribution in [0.3, 0.4) is 0 Å². The second-order valence-electron chi connectivity index (χ2n) is 13.0. The molecule has 46 heavy (non-hydrogen) atoms. The Morgan fingerprint density at radius 3 is 2.54 bits per heavy atom. The number of pyridine rings is 1. The molecule has 3 aromatic heterocycles. The number of piperidine rings is 1. The molecule has 2 unspecified atom stereocenters. The quantitative estimate of drug-likeness (QED) is 0.209. The fraction of sp³-hybridized carbons (Fsp3) is 0.382. The molecule has 2 aromatic carbocycles. The number of anilines is 2. The van der Waals surface area contributed by atoms with E-state index in [0.717, 1.165) is 23.9 Å². The summed E-state index contributed by atoms with van der Waals surface area (Å²) in [5, 5.41) is 3.77. The van der Waals surface area contributed by atoms with Gasteiger partial charge in [-0.3, -0.25) is 0 Å². The molecule has 12 heteroatoms. The van der Waals surface area contributed by atoms with Crippen LogP contribution < -0.4 is 14.8 Å². The van der Waals surface area contributed by atoms with Crippen LogP contribution in [0.25, 0.3) is 21.9 Å². The van der Waals surface area contributed by atoms with Crippen LogP contribution in [0.15, 0.2) is 55.2 Å². The number of carbonyl (C=O) groups excluding carboxylic acids is 1. The van der Waals surface area contributed by atoms with Crippen molar-refractivity contribution in [2.45, 2.75) is 77.2 Å². The maximum Gasteiger partial charge on any atom is 0.410 e. The van der Waals surface area contributed by atoms with Crippen molar-refractivity contribution in [2.24, 2.45) is 7.05 Å². The van der Waals surface area contributed by atoms with Crippen LogP contribution in [0.2, 0.25) is 0 Å². The van der Waals surface area contributed by atoms with Gasteiger partial charge in [0.15, 0.2) is 5.82 Å². The molecule has 5 aromatic rings. The molecule has 0 spiro atoms. The Kier molecular flexibility index (Phi) is 7.37. The van der Waals surface area contributed by atoms with Crippen LogP contribution in [0.1, 0.15) is 52.0 Å². The van der Waals surface area contributed by atoms with Crippen LogP contribution >= 0.6 is 0 Å². The number of amides is 1. The molecule has 0 radical (unpaired) electrons. The van der Waals surface area contributed by atoms with Gasteiger partial charge < -0.3 is 29.0 Å². The summed E-state index contributed by atoms with van der Waals surface area (Å²) in [4.78, 5) is 32.3. The lowest BCUT2D eigenvalue weighted by atomic mass is 10.0. The standard InChI is InChI=1S/C34H36FN7O4/c1-19-29(44-22-8-10-28-26(14-22)39-18-41(28)5)11-9-25(31(19)35)40-32-24-15-30(36-16-27(24)37-17-38-32)45-23-12-20-6-7-21(13-23)42(20)33(43)46-34(2,3)4/h8-11,14-18,20-21,23H,6-7,12-13H2,1-5H3,(H,37,38,40). The second-order valence-corrected chi connectivity index (χ2v) is 13.0. The molecule has 7 rings (SSSR count). The van der Waals surface area contributed by atoms with Gasteiger partial charge in [-0.1, -0.05) is 0 Å². The van der Waals surface area contributed by atoms with E-state index in [2.05, 4.69) is 25.3 Å². The molecule has 2 aliphatic heterocycles. The fourth-order valence-corrected chi connectivity index (χ4v) is 6.42. The molecule has 5 heterocycles. The van der Waals surface area contributed by atoms with E-state index in [1.165, 1.54) is 6.33 Å². The molecule has 1 amide bonds. The van der Waals surface area contributed by atoms with Gasteiger partial charge in [-0.2, -0.15) is 0 Å². The number of hydrogen-bond acceptors (Lipinski definition) is 9. The van der Waals surface area contributed by atoms with Crippen molar-refractivity contribution in [1.82, 2.24) is 29.4 Å². The monoisotopic (exact) mass is 625 g/mol. The summed E-state index contributed by atoms with van der Waals surface area (Å²) in [5.41, 5.74) is 2.42. The average Bonchev–Trinajstić information content (AvgIpc) is 3.51. The fourth-order valence-electron chi connectivity index (χ4n) is 6.42. The van der Waals surface area contributed by atoms with Gasteiger partial charge in [-0.25, -0.2) is 29.1 Å². The highest BCUT2D eigenvalue weighted by Gasteiger charge is 2.45. The third-order valence-electron chi connectivity index (χ3n) is 8.59. The van der Waals surface area contributed by atoms with E-state index in [0.29, 0.717) is 52.5 Å². The minimum Gasteiger partial charge on any atom is -0.474 e. The molecule has 2 saturated heterocycles. The lowest BCUT2D eigenvalue weighted by Crippen LogP contribution is -2.50. The van der Waals surface area contributed by atoms with Crippen molar-refractivity contribution >= 4 is 39.5 Å². The third-order valence-corrected chi connectivity index (χ3v) is 8.59. The van der Waals surface area contributed by atoms with Crippen molar-refractivity contribution in [2.75, 3.05) is 5.32 Å². The third kappa shape index (κ3) is 5.75. The molecule has 238 valence electrons. The SMILES string of the molecule is Cc1c(Oc2ccc3c(c2)ncn3C)ccc(Nc2ncnc3cnc(OC4CC5CCC(C4)N5C(=O)OC(C)(C)C)cc23)c1F. The van der Waals surface area contributed by atoms with E-state index >= 15 is 4.39 Å². The van der Waals surface area contributed by atoms with Gasteiger partial charge >= 0.3 is 6.09 Å². The highest BCUT2D eigenvalue weighted by Crippen LogP contribution is 2.39. The van der Waals surface area contributed by atoms with Gasteiger partial charge in [0.25, 0.3) is 0 Å². The van der Waals surface area contributed by atoms with Crippen LogP contribution in [0.4, 0.5) is 20.7 Å². The molecular formula is C34H36FN7O4. The first-order valence-electron chi connectivity index (χ1n) is 15.5. The van der Waals surface area contributed by atoms with E-state index < -0.39 is 11.4 Å². The number of benzene rings is 2. The minimum absolute atomic E-state index is 0.0655. The van der Waals surface area contributed by atoms with Gasteiger partial charge in [-0.05, 0) is 64.8 Å². The van der Waals surface area contributed by atoms with Crippen molar-refractivity contribution in [3.63, 3.8) is 0 Å². The zero-order valence-corrected chi connectivity index (χ0v) is 26.5. The smallest absolute Gasteiger partial charge is 0.410 e. The predicted octanol–water partition coefficient (Wildman–Crippen LogP) is 7.20. The lowest BCUT2D eigenvalue weighted by Gasteiger charge is -2.39. The first kappa shape index (κ1) is 29.7. The van der Waals surface area contributed by atoms with E-state index in [-0.39, 0.29) is 30.0 Å². The average molecular weight is 626 g/mol. The Balaban J connectivity index is 1.07. The largest absolute Gasteiger partial charge is 0.474 e. The number of nitrogens with zero attached hydrogens (tertiary/aromatic N) is 6. The van der Waals surface area contributed by atoms with Gasteiger partial charge in [-0.15, -0.1) is 0 Å². The van der Waals surface area contributed by atoms with Crippen molar-refractivity contribution in [1.29, 1.82) is 0 Å². The summed E-state index contributed by atoms with van der Waals surface area (Å²) in [6, 6.07) is 10.8. The van der Waals surface area contributed by atoms with Gasteiger partial charge in [0, 0.05) is 55.1 Å². The normalized spacial score (nSPS) is 19.4. The number of imidazole rings is 1. The second kappa shape index (κ2) is 11.4. The van der Waals surface area contributed by atoms with Gasteiger partial charge in [0.1, 0.15) is 35.3 Å². The van der Waals surface area contributed by atoms with Crippen LogP contribution in [0, 0.1) is 12.7 Å². The van der Waals surface area contributed by atoms with Gasteiger partial charge in [0.2, 0.25) is 5.88 Å². The number of halogens is 1. The van der Waals surface area contributed by atoms with E-state index in [4.69, 9.17) is 14.2 Å². The Labute approximate surface area is 265 Å². The Bertz CT molecular complexity index is 1940. The number of nitrogens with one attached hydrogen (secondary N) is 1. The molecule has 2 atom stereocenters. The Morgan fingerprint density at radius 2 is 1.78 bits per heavy atom. The van der Waals surface area contributed by atoms with E-state index in [1.807, 2.05) is 55.5 Å². The summed E-state index contributed by atoms with van der Waals surface area (Å²) in [6.07, 6.45) is 7.64. The van der Waals surface area contributed by atoms with Crippen molar-refractivity contribution in [3.8, 4) is 17.4 Å². The van der Waals surface area contributed by atoms with Crippen molar-refractivity contribution < 1.29 is 23.4 Å². The van der Waals surface area contributed by atoms with E-state index in [9.17, 15) is 4.79 Å². The first-order valence-corrected chi connectivity index (χ1v) is 15.5. The zero-order valence-electron chi connectivity index (χ0n) is 26.5. The summed E-state index contributed by atoms with van der Waals surface area (Å²) < 4.78 is 35.7. The molecule has 2 fully saturated rings. The summed E-state index contributed by atoms with van der Waals surface area (Å²) in [6.45, 7) is 7.31. The number of hydrogen-bond donors (Lipinski definition) is 1. The van der Waals surface area contributed by atoms with Crippen molar-refractivity contribution in [3.05, 3.63) is 66.6 Å². The summed E-state index contributed by atoms with van der Waals surface area (Å²) >= 11 is 0. The molecule has 2 bridgehead atoms. The highest BCUT2D eigenvalue weighted by molar-refractivity contribution is 5.91. The number of rotatable bonds is 6. The molecule has 0 saturated carbocycles. The highest BCUT2D eigenvalue weighted by atomic mass is 19.1. The Morgan fingerprint density at radius 1 is 1.00 bits per heavy atom. The van der Waals surface area contributed by atoms with Crippen LogP contribution in [-0.4, -0.2) is 59.3 Å². The van der Waals surface area contributed by atoms with Crippen LogP contribution in [-0.2, 0) is 11.8 Å². The number of ether oxygens (including phenoxy) is 3. The number of fused-ring (bicyclic) bond motifs is 4. The molecular weight excluding hydrogens is 589 g/mol. The topological polar surface area (TPSA) is 117 Å². The number of carbonyl (C=O) groups is 1. The predicted molar refractivity (Wildman–Crippen MR) is 171 cm³/mol. The molecule has 1 N–H and O–H groups in total.